The third-order valence-electron chi connectivity index (χ3n) is 6.06. The number of para-hydroxylation sites is 1. The van der Waals surface area contributed by atoms with Crippen LogP contribution >= 0.6 is 0 Å². The van der Waals surface area contributed by atoms with Crippen molar-refractivity contribution in [2.45, 2.75) is 77.2 Å². The Morgan fingerprint density at radius 1 is 1.14 bits per heavy atom. The van der Waals surface area contributed by atoms with Crippen LogP contribution in [0.1, 0.15) is 87.5 Å². The lowest BCUT2D eigenvalue weighted by molar-refractivity contribution is -0.132. The first-order valence-corrected chi connectivity index (χ1v) is 10.7. The molecule has 28 heavy (non-hydrogen) atoms. The number of carbonyl (C=O) groups is 2. The quantitative estimate of drug-likeness (QED) is 0.210. The summed E-state index contributed by atoms with van der Waals surface area (Å²) in [4.78, 5) is 25.8. The number of hydrogen-bond donors (Lipinski definition) is 2. The Morgan fingerprint density at radius 3 is 2.57 bits per heavy atom. The van der Waals surface area contributed by atoms with E-state index < -0.39 is 11.9 Å². The standard InChI is InChI=1S/C23H32N2O3/c1-2-3-6-14-20(23(27)24-28)25-16-15-17-12-9-13-19(21(17)25)22(26)18-10-7-4-5-8-11-18/h9,12-13,15-16,18,20,28H,2-8,10-11,14H2,1H3,(H,24,27). The van der Waals surface area contributed by atoms with Crippen LogP contribution in [-0.2, 0) is 4.79 Å². The Balaban J connectivity index is 1.99. The van der Waals surface area contributed by atoms with Crippen molar-refractivity contribution in [2.75, 3.05) is 0 Å². The molecule has 5 heteroatoms. The maximum Gasteiger partial charge on any atom is 0.266 e. The lowest BCUT2D eigenvalue weighted by Crippen LogP contribution is -2.30. The number of Topliss-reactive ketones (excluding diaryl/α,β-unsaturated/α-hetero) is 1. The fourth-order valence-electron chi connectivity index (χ4n) is 4.50. The van der Waals surface area contributed by atoms with Gasteiger partial charge in [-0.1, -0.05) is 64.0 Å². The molecule has 1 aliphatic carbocycles. The minimum atomic E-state index is -0.517. The number of nitrogens with zero attached hydrogens (tertiary/aromatic N) is 1. The molecule has 152 valence electrons. The summed E-state index contributed by atoms with van der Waals surface area (Å²) in [6.45, 7) is 2.12. The molecule has 0 saturated heterocycles. The van der Waals surface area contributed by atoms with Crippen LogP contribution in [0.3, 0.4) is 0 Å². The van der Waals surface area contributed by atoms with Gasteiger partial charge in [0.05, 0.1) is 5.52 Å². The number of ketones is 1. The van der Waals surface area contributed by atoms with Crippen molar-refractivity contribution in [1.29, 1.82) is 0 Å². The molecule has 1 aromatic carbocycles. The molecule has 1 heterocycles. The summed E-state index contributed by atoms with van der Waals surface area (Å²) in [6.07, 6.45) is 12.0. The molecule has 0 aliphatic heterocycles. The zero-order valence-corrected chi connectivity index (χ0v) is 16.8. The maximum absolute atomic E-state index is 13.4. The van der Waals surface area contributed by atoms with Gasteiger partial charge >= 0.3 is 0 Å². The number of amides is 1. The van der Waals surface area contributed by atoms with Crippen molar-refractivity contribution >= 4 is 22.6 Å². The van der Waals surface area contributed by atoms with Gasteiger partial charge in [0.1, 0.15) is 6.04 Å². The molecular formula is C23H32N2O3. The van der Waals surface area contributed by atoms with Crippen molar-refractivity contribution in [3.8, 4) is 0 Å². The number of unbranched alkanes of at least 4 members (excludes halogenated alkanes) is 2. The number of aromatic nitrogens is 1. The van der Waals surface area contributed by atoms with Crippen molar-refractivity contribution in [3.05, 3.63) is 36.0 Å². The number of hydroxylamine groups is 1. The van der Waals surface area contributed by atoms with Gasteiger partial charge in [-0.3, -0.25) is 14.8 Å². The molecular weight excluding hydrogens is 352 g/mol. The smallest absolute Gasteiger partial charge is 0.266 e. The van der Waals surface area contributed by atoms with Crippen LogP contribution < -0.4 is 5.48 Å². The van der Waals surface area contributed by atoms with Gasteiger partial charge in [0, 0.05) is 23.1 Å². The number of carbonyl (C=O) groups excluding carboxylic acids is 2. The second-order valence-corrected chi connectivity index (χ2v) is 8.01. The van der Waals surface area contributed by atoms with Crippen LogP contribution in [0.4, 0.5) is 0 Å². The predicted octanol–water partition coefficient (Wildman–Crippen LogP) is 5.42. The monoisotopic (exact) mass is 384 g/mol. The number of nitrogens with one attached hydrogen (secondary N) is 1. The SMILES string of the molecule is CCCCCC(C(=O)NO)n1ccc2cccc(C(=O)C3CCCCCC3)c21. The fourth-order valence-corrected chi connectivity index (χ4v) is 4.50. The molecule has 1 atom stereocenters. The number of fused-ring (bicyclic) bond motifs is 1. The summed E-state index contributed by atoms with van der Waals surface area (Å²) in [5.74, 6) is -0.156. The summed E-state index contributed by atoms with van der Waals surface area (Å²) in [5, 5.41) is 10.2. The number of rotatable bonds is 8. The van der Waals surface area contributed by atoms with Crippen LogP contribution in [0.5, 0.6) is 0 Å². The number of benzene rings is 1. The van der Waals surface area contributed by atoms with Gasteiger partial charge in [0.15, 0.2) is 5.78 Å². The van der Waals surface area contributed by atoms with Crippen LogP contribution in [0.15, 0.2) is 30.5 Å². The van der Waals surface area contributed by atoms with Crippen LogP contribution in [0.2, 0.25) is 0 Å². The molecule has 1 unspecified atom stereocenters. The van der Waals surface area contributed by atoms with Crippen molar-refractivity contribution in [1.82, 2.24) is 10.0 Å². The molecule has 0 bridgehead atoms. The molecule has 1 aliphatic rings. The van der Waals surface area contributed by atoms with Crippen LogP contribution in [0, 0.1) is 5.92 Å². The topological polar surface area (TPSA) is 71.3 Å². The van der Waals surface area contributed by atoms with Gasteiger partial charge in [0.25, 0.3) is 5.91 Å². The third-order valence-corrected chi connectivity index (χ3v) is 6.06. The van der Waals surface area contributed by atoms with Crippen LogP contribution in [0.25, 0.3) is 10.9 Å². The van der Waals surface area contributed by atoms with Gasteiger partial charge in [0.2, 0.25) is 0 Å². The van der Waals surface area contributed by atoms with Crippen LogP contribution in [-0.4, -0.2) is 21.5 Å². The molecule has 1 amide bonds. The van der Waals surface area contributed by atoms with E-state index in [4.69, 9.17) is 0 Å². The fraction of sp³-hybridized carbons (Fsp3) is 0.565. The molecule has 1 aromatic heterocycles. The third kappa shape index (κ3) is 4.46. The van der Waals surface area contributed by atoms with Gasteiger partial charge in [-0.15, -0.1) is 0 Å². The lowest BCUT2D eigenvalue weighted by atomic mass is 9.90. The van der Waals surface area contributed by atoms with E-state index in [0.717, 1.165) is 55.8 Å². The molecule has 2 aromatic rings. The largest absolute Gasteiger partial charge is 0.334 e. The molecule has 1 saturated carbocycles. The van der Waals surface area contributed by atoms with E-state index in [9.17, 15) is 14.8 Å². The second kappa shape index (κ2) is 9.87. The van der Waals surface area contributed by atoms with E-state index in [0.29, 0.717) is 12.0 Å². The average Bonchev–Trinajstić information content (AvgIpc) is 2.96. The minimum Gasteiger partial charge on any atom is -0.334 e. The zero-order chi connectivity index (χ0) is 19.9. The second-order valence-electron chi connectivity index (χ2n) is 8.01. The summed E-state index contributed by atoms with van der Waals surface area (Å²) < 4.78 is 1.89. The summed E-state index contributed by atoms with van der Waals surface area (Å²) in [7, 11) is 0. The molecule has 0 spiro atoms. The van der Waals surface area contributed by atoms with E-state index in [2.05, 4.69) is 6.92 Å². The zero-order valence-electron chi connectivity index (χ0n) is 16.8. The van der Waals surface area contributed by atoms with Gasteiger partial charge in [-0.2, -0.15) is 0 Å². The molecule has 1 fully saturated rings. The Hall–Kier alpha value is -2.14. The number of hydrogen-bond acceptors (Lipinski definition) is 3. The van der Waals surface area contributed by atoms with Gasteiger partial charge in [-0.05, 0) is 31.4 Å². The molecule has 0 radical (unpaired) electrons. The average molecular weight is 385 g/mol. The highest BCUT2D eigenvalue weighted by Crippen LogP contribution is 2.31. The Bertz CT molecular complexity index is 803. The van der Waals surface area contributed by atoms with Crippen molar-refractivity contribution < 1.29 is 14.8 Å². The minimum absolute atomic E-state index is 0.0710. The molecule has 3 rings (SSSR count). The Labute approximate surface area is 167 Å². The highest BCUT2D eigenvalue weighted by Gasteiger charge is 2.27. The first-order valence-electron chi connectivity index (χ1n) is 10.7. The first kappa shape index (κ1) is 20.6. The molecule has 2 N–H and O–H groups in total. The van der Waals surface area contributed by atoms with Gasteiger partial charge in [-0.25, -0.2) is 5.48 Å². The van der Waals surface area contributed by atoms with E-state index in [1.165, 1.54) is 12.8 Å². The summed E-state index contributed by atoms with van der Waals surface area (Å²) in [6, 6.07) is 7.24. The highest BCUT2D eigenvalue weighted by atomic mass is 16.5. The predicted molar refractivity (Wildman–Crippen MR) is 111 cm³/mol. The van der Waals surface area contributed by atoms with E-state index in [-0.39, 0.29) is 11.7 Å². The summed E-state index contributed by atoms with van der Waals surface area (Å²) >= 11 is 0. The van der Waals surface area contributed by atoms with Crippen molar-refractivity contribution in [3.63, 3.8) is 0 Å². The van der Waals surface area contributed by atoms with E-state index >= 15 is 0 Å². The van der Waals surface area contributed by atoms with Gasteiger partial charge < -0.3 is 4.57 Å². The maximum atomic E-state index is 13.4. The highest BCUT2D eigenvalue weighted by molar-refractivity contribution is 6.08. The Morgan fingerprint density at radius 2 is 1.89 bits per heavy atom. The van der Waals surface area contributed by atoms with E-state index in [1.54, 1.807) is 0 Å². The molecule has 5 nitrogen and oxygen atoms in total. The van der Waals surface area contributed by atoms with Crippen molar-refractivity contribution in [2.24, 2.45) is 5.92 Å². The Kier molecular flexibility index (Phi) is 7.26. The normalized spacial score (nSPS) is 16.6. The van der Waals surface area contributed by atoms with E-state index in [1.807, 2.05) is 40.5 Å². The summed E-state index contributed by atoms with van der Waals surface area (Å²) in [5.41, 5.74) is 3.35. The lowest BCUT2D eigenvalue weighted by Gasteiger charge is -2.20. The first-order chi connectivity index (χ1) is 13.7.